The Balaban J connectivity index is 2.78. The second-order valence-corrected chi connectivity index (χ2v) is 5.46. The largest absolute Gasteiger partial charge is 0.480 e. The maximum absolute atomic E-state index is 11.4. The van der Waals surface area contributed by atoms with Gasteiger partial charge in [0.1, 0.15) is 5.54 Å². The maximum Gasteiger partial charge on any atom is 0.323 e. The van der Waals surface area contributed by atoms with Crippen molar-refractivity contribution >= 4 is 5.97 Å². The van der Waals surface area contributed by atoms with E-state index in [1.807, 2.05) is 0 Å². The van der Waals surface area contributed by atoms with E-state index >= 15 is 0 Å². The average Bonchev–Trinajstić information content (AvgIpc) is 2.35. The van der Waals surface area contributed by atoms with Crippen LogP contribution in [0.15, 0.2) is 0 Å². The maximum atomic E-state index is 11.4. The second-order valence-electron chi connectivity index (χ2n) is 5.46. The molecule has 0 spiro atoms. The minimum atomic E-state index is -0.805. The summed E-state index contributed by atoms with van der Waals surface area (Å²) in [5.41, 5.74) is -0.560. The summed E-state index contributed by atoms with van der Waals surface area (Å²) in [6, 6.07) is 0. The van der Waals surface area contributed by atoms with Crippen LogP contribution in [-0.2, 0) is 4.79 Å². The van der Waals surface area contributed by atoms with Gasteiger partial charge < -0.3 is 5.11 Å². The van der Waals surface area contributed by atoms with Gasteiger partial charge in [0, 0.05) is 0 Å². The molecular weight excluding hydrogens is 202 g/mol. The third-order valence-electron chi connectivity index (χ3n) is 3.62. The van der Waals surface area contributed by atoms with Gasteiger partial charge in [-0.1, -0.05) is 26.2 Å². The Kier molecular flexibility index (Phi) is 3.98. The zero-order valence-electron chi connectivity index (χ0n) is 10.2. The summed E-state index contributed by atoms with van der Waals surface area (Å²) in [5, 5.41) is 12.4. The van der Waals surface area contributed by atoms with Crippen molar-refractivity contribution in [3.05, 3.63) is 0 Å². The smallest absolute Gasteiger partial charge is 0.323 e. The molecule has 1 rings (SSSR count). The van der Waals surface area contributed by atoms with Crippen LogP contribution in [0.5, 0.6) is 0 Å². The van der Waals surface area contributed by atoms with E-state index in [1.54, 1.807) is 0 Å². The molecule has 2 N–H and O–H groups in total. The fourth-order valence-corrected chi connectivity index (χ4v) is 2.36. The Morgan fingerprint density at radius 3 is 2.62 bits per heavy atom. The van der Waals surface area contributed by atoms with Crippen molar-refractivity contribution < 1.29 is 9.90 Å². The van der Waals surface area contributed by atoms with Gasteiger partial charge in [0.05, 0.1) is 6.54 Å². The van der Waals surface area contributed by atoms with Crippen molar-refractivity contribution in [3.63, 3.8) is 0 Å². The third kappa shape index (κ3) is 2.99. The molecule has 3 nitrogen and oxygen atoms in total. The fraction of sp³-hybridized carbons (Fsp3) is 0.769. The van der Waals surface area contributed by atoms with Crippen molar-refractivity contribution in [1.29, 1.82) is 0 Å². The highest BCUT2D eigenvalue weighted by atomic mass is 16.4. The van der Waals surface area contributed by atoms with Crippen molar-refractivity contribution in [1.82, 2.24) is 5.32 Å². The standard InChI is InChI=1S/C13H21NO2/c1-4-10-14-13(11(15)16)7-5-6-12(2,3)8-9-13/h1,14H,5-10H2,2-3H3,(H,15,16). The summed E-state index contributed by atoms with van der Waals surface area (Å²) >= 11 is 0. The van der Waals surface area contributed by atoms with Gasteiger partial charge in [-0.25, -0.2) is 0 Å². The first-order valence-electron chi connectivity index (χ1n) is 5.84. The SMILES string of the molecule is C#CCNC1(C(=O)O)CCCC(C)(C)CC1. The zero-order valence-corrected chi connectivity index (χ0v) is 10.2. The molecular formula is C13H21NO2. The molecule has 0 aromatic rings. The minimum Gasteiger partial charge on any atom is -0.480 e. The van der Waals surface area contributed by atoms with Crippen LogP contribution in [0, 0.1) is 17.8 Å². The number of hydrogen-bond acceptors (Lipinski definition) is 2. The van der Waals surface area contributed by atoms with Gasteiger partial charge in [-0.3, -0.25) is 10.1 Å². The number of nitrogens with one attached hydrogen (secondary N) is 1. The lowest BCUT2D eigenvalue weighted by molar-refractivity contribution is -0.145. The summed E-state index contributed by atoms with van der Waals surface area (Å²) in [6.07, 6.45) is 9.48. The summed E-state index contributed by atoms with van der Waals surface area (Å²) in [7, 11) is 0. The molecule has 0 radical (unpaired) electrons. The van der Waals surface area contributed by atoms with Crippen LogP contribution in [0.25, 0.3) is 0 Å². The predicted molar refractivity (Wildman–Crippen MR) is 64.1 cm³/mol. The average molecular weight is 223 g/mol. The summed E-state index contributed by atoms with van der Waals surface area (Å²) in [4.78, 5) is 11.4. The number of carboxylic acid groups (broad SMARTS) is 1. The number of carbonyl (C=O) groups is 1. The number of terminal acetylenes is 1. The number of rotatable bonds is 3. The molecule has 1 aliphatic carbocycles. The number of hydrogen-bond donors (Lipinski definition) is 2. The van der Waals surface area contributed by atoms with Gasteiger partial charge in [-0.2, -0.15) is 0 Å². The molecule has 1 unspecified atom stereocenters. The Morgan fingerprint density at radius 1 is 1.38 bits per heavy atom. The highest BCUT2D eigenvalue weighted by Crippen LogP contribution is 2.38. The lowest BCUT2D eigenvalue weighted by Gasteiger charge is -2.29. The molecule has 0 aliphatic heterocycles. The summed E-state index contributed by atoms with van der Waals surface area (Å²) in [6.45, 7) is 4.73. The summed E-state index contributed by atoms with van der Waals surface area (Å²) < 4.78 is 0. The van der Waals surface area contributed by atoms with Gasteiger partial charge >= 0.3 is 5.97 Å². The van der Waals surface area contributed by atoms with E-state index in [1.165, 1.54) is 0 Å². The molecule has 1 fully saturated rings. The highest BCUT2D eigenvalue weighted by Gasteiger charge is 2.41. The Hall–Kier alpha value is -1.01. The normalized spacial score (nSPS) is 29.1. The van der Waals surface area contributed by atoms with E-state index in [0.717, 1.165) is 19.3 Å². The molecule has 1 aliphatic rings. The molecule has 1 atom stereocenters. The van der Waals surface area contributed by atoms with Crippen LogP contribution in [0.2, 0.25) is 0 Å². The molecule has 0 amide bonds. The van der Waals surface area contributed by atoms with Crippen LogP contribution in [-0.4, -0.2) is 23.2 Å². The number of carboxylic acids is 1. The van der Waals surface area contributed by atoms with Crippen molar-refractivity contribution in [3.8, 4) is 12.3 Å². The van der Waals surface area contributed by atoms with Gasteiger partial charge in [-0.05, 0) is 31.1 Å². The van der Waals surface area contributed by atoms with E-state index in [4.69, 9.17) is 6.42 Å². The number of aliphatic carboxylic acids is 1. The second kappa shape index (κ2) is 4.88. The van der Waals surface area contributed by atoms with Crippen LogP contribution < -0.4 is 5.32 Å². The third-order valence-corrected chi connectivity index (χ3v) is 3.62. The first-order valence-corrected chi connectivity index (χ1v) is 5.84. The van der Waals surface area contributed by atoms with Crippen LogP contribution >= 0.6 is 0 Å². The molecule has 0 saturated heterocycles. The van der Waals surface area contributed by atoms with Crippen molar-refractivity contribution in [2.75, 3.05) is 6.54 Å². The zero-order chi connectivity index (χ0) is 12.2. The highest BCUT2D eigenvalue weighted by molar-refractivity contribution is 5.78. The van der Waals surface area contributed by atoms with E-state index in [2.05, 4.69) is 25.1 Å². The Bertz CT molecular complexity index is 304. The van der Waals surface area contributed by atoms with Gasteiger partial charge in [-0.15, -0.1) is 6.42 Å². The van der Waals surface area contributed by atoms with Gasteiger partial charge in [0.2, 0.25) is 0 Å². The molecule has 0 heterocycles. The molecule has 90 valence electrons. The lowest BCUT2D eigenvalue weighted by atomic mass is 9.83. The molecule has 16 heavy (non-hydrogen) atoms. The first kappa shape index (κ1) is 13.1. The molecule has 1 saturated carbocycles. The molecule has 0 aromatic carbocycles. The predicted octanol–water partition coefficient (Wildman–Crippen LogP) is 2.02. The minimum absolute atomic E-state index is 0.245. The molecule has 0 bridgehead atoms. The molecule has 3 heteroatoms. The van der Waals surface area contributed by atoms with Gasteiger partial charge in [0.25, 0.3) is 0 Å². The van der Waals surface area contributed by atoms with E-state index < -0.39 is 11.5 Å². The van der Waals surface area contributed by atoms with E-state index in [9.17, 15) is 9.90 Å². The summed E-state index contributed by atoms with van der Waals surface area (Å²) in [5.74, 6) is 1.70. The van der Waals surface area contributed by atoms with E-state index in [0.29, 0.717) is 19.4 Å². The van der Waals surface area contributed by atoms with Crippen LogP contribution in [0.4, 0.5) is 0 Å². The first-order chi connectivity index (χ1) is 7.42. The quantitative estimate of drug-likeness (QED) is 0.568. The van der Waals surface area contributed by atoms with Gasteiger partial charge in [0.15, 0.2) is 0 Å². The fourth-order valence-electron chi connectivity index (χ4n) is 2.36. The Labute approximate surface area is 97.6 Å². The van der Waals surface area contributed by atoms with Crippen LogP contribution in [0.1, 0.15) is 46.0 Å². The topological polar surface area (TPSA) is 49.3 Å². The Morgan fingerprint density at radius 2 is 2.06 bits per heavy atom. The van der Waals surface area contributed by atoms with Crippen molar-refractivity contribution in [2.24, 2.45) is 5.41 Å². The van der Waals surface area contributed by atoms with Crippen molar-refractivity contribution in [2.45, 2.75) is 51.5 Å². The van der Waals surface area contributed by atoms with Crippen LogP contribution in [0.3, 0.4) is 0 Å². The monoisotopic (exact) mass is 223 g/mol. The van der Waals surface area contributed by atoms with E-state index in [-0.39, 0.29) is 5.41 Å². The molecule has 0 aromatic heterocycles. The lowest BCUT2D eigenvalue weighted by Crippen LogP contribution is -2.52.